The number of methoxy groups -OCH3 is 1. The highest BCUT2D eigenvalue weighted by Crippen LogP contribution is 2.76. The van der Waals surface area contributed by atoms with E-state index in [1.807, 2.05) is 26.2 Å². The third kappa shape index (κ3) is 6.10. The lowest BCUT2D eigenvalue weighted by molar-refractivity contribution is -0.219. The van der Waals surface area contributed by atoms with Crippen LogP contribution in [0.3, 0.4) is 0 Å². The van der Waals surface area contributed by atoms with E-state index in [0.717, 1.165) is 51.4 Å². The molecule has 1 amide bonds. The van der Waals surface area contributed by atoms with Gasteiger partial charge >= 0.3 is 5.97 Å². The minimum atomic E-state index is -0.273. The number of fused-ring (bicyclic) bond motifs is 7. The molecule has 0 aromatic heterocycles. The van der Waals surface area contributed by atoms with Gasteiger partial charge in [-0.05, 0) is 165 Å². The first-order chi connectivity index (χ1) is 25.0. The number of rotatable bonds is 8. The maximum Gasteiger partial charge on any atom is 0.337 e. The van der Waals surface area contributed by atoms with Crippen molar-refractivity contribution in [3.8, 4) is 0 Å². The van der Waals surface area contributed by atoms with Gasteiger partial charge in [0, 0.05) is 38.6 Å². The zero-order valence-electron chi connectivity index (χ0n) is 34.8. The number of allylic oxidation sites excluding steroid dienone is 3. The molecular formula is C47H71N3O3. The van der Waals surface area contributed by atoms with Crippen molar-refractivity contribution < 1.29 is 14.3 Å². The molecule has 7 rings (SSSR count). The molecule has 1 heterocycles. The number of hydrogen-bond acceptors (Lipinski definition) is 5. The van der Waals surface area contributed by atoms with E-state index >= 15 is 0 Å². The van der Waals surface area contributed by atoms with Crippen molar-refractivity contribution in [2.75, 3.05) is 47.4 Å². The van der Waals surface area contributed by atoms with Crippen molar-refractivity contribution in [2.45, 2.75) is 118 Å². The van der Waals surface area contributed by atoms with E-state index in [4.69, 9.17) is 4.74 Å². The van der Waals surface area contributed by atoms with Gasteiger partial charge in [0.25, 0.3) is 0 Å². The number of likely N-dealkylation sites (tertiary alicyclic amines) is 1. The van der Waals surface area contributed by atoms with Crippen LogP contribution >= 0.6 is 0 Å². The summed E-state index contributed by atoms with van der Waals surface area (Å²) in [7, 11) is 5.23. The third-order valence-electron chi connectivity index (χ3n) is 17.5. The monoisotopic (exact) mass is 726 g/mol. The van der Waals surface area contributed by atoms with Crippen LogP contribution in [0.1, 0.15) is 128 Å². The van der Waals surface area contributed by atoms with Crippen molar-refractivity contribution in [1.82, 2.24) is 15.1 Å². The largest absolute Gasteiger partial charge is 0.465 e. The fourth-order valence-electron chi connectivity index (χ4n) is 14.7. The van der Waals surface area contributed by atoms with E-state index in [1.165, 1.54) is 75.2 Å². The summed E-state index contributed by atoms with van der Waals surface area (Å²) in [6.45, 7) is 24.4. The van der Waals surface area contributed by atoms with Crippen LogP contribution in [0.5, 0.6) is 0 Å². The third-order valence-corrected chi connectivity index (χ3v) is 17.5. The fourth-order valence-corrected chi connectivity index (χ4v) is 14.7. The molecule has 53 heavy (non-hydrogen) atoms. The summed E-state index contributed by atoms with van der Waals surface area (Å²) in [5.41, 5.74) is 5.89. The number of carbonyl (C=O) groups is 2. The van der Waals surface area contributed by atoms with Crippen molar-refractivity contribution >= 4 is 17.4 Å². The summed E-state index contributed by atoms with van der Waals surface area (Å²) in [6.07, 6.45) is 16.2. The molecule has 5 aliphatic carbocycles. The Morgan fingerprint density at radius 1 is 0.887 bits per heavy atom. The van der Waals surface area contributed by atoms with Crippen LogP contribution in [-0.2, 0) is 9.53 Å². The molecule has 0 bridgehead atoms. The second-order valence-electron chi connectivity index (χ2n) is 20.2. The lowest BCUT2D eigenvalue weighted by Gasteiger charge is -2.72. The fraction of sp³-hybridized carbons (Fsp3) is 0.745. The van der Waals surface area contributed by atoms with Crippen LogP contribution in [0.2, 0.25) is 0 Å². The summed E-state index contributed by atoms with van der Waals surface area (Å²) in [5.74, 6) is 3.54. The number of nitrogens with zero attached hydrogens (tertiary/aromatic N) is 2. The Morgan fingerprint density at radius 2 is 1.58 bits per heavy atom. The van der Waals surface area contributed by atoms with E-state index in [0.29, 0.717) is 46.0 Å². The Bertz CT molecular complexity index is 1600. The van der Waals surface area contributed by atoms with E-state index in [-0.39, 0.29) is 28.3 Å². The number of amides is 1. The van der Waals surface area contributed by atoms with Gasteiger partial charge in [-0.3, -0.25) is 4.79 Å². The number of nitrogens with one attached hydrogen (secondary N) is 1. The highest BCUT2D eigenvalue weighted by Gasteiger charge is 2.70. The normalized spacial score (nSPS) is 39.5. The molecule has 1 aliphatic heterocycles. The lowest BCUT2D eigenvalue weighted by Crippen LogP contribution is -2.68. The number of hydrogen-bond donors (Lipinski definition) is 1. The van der Waals surface area contributed by atoms with Crippen molar-refractivity contribution in [1.29, 1.82) is 0 Å². The van der Waals surface area contributed by atoms with Crippen LogP contribution in [0.15, 0.2) is 42.5 Å². The second kappa shape index (κ2) is 13.9. The zero-order chi connectivity index (χ0) is 38.1. The molecule has 1 saturated heterocycles. The maximum absolute atomic E-state index is 12.6. The number of benzene rings is 1. The average molecular weight is 726 g/mol. The number of ether oxygens (including phenoxy) is 1. The summed E-state index contributed by atoms with van der Waals surface area (Å²) < 4.78 is 4.98. The first kappa shape index (κ1) is 38.8. The average Bonchev–Trinajstić information content (AvgIpc) is 3.51. The molecular weight excluding hydrogens is 655 g/mol. The topological polar surface area (TPSA) is 61.9 Å². The van der Waals surface area contributed by atoms with Gasteiger partial charge in [-0.25, -0.2) is 4.79 Å². The van der Waals surface area contributed by atoms with Crippen LogP contribution in [0.25, 0.3) is 5.57 Å². The SMILES string of the molecule is C=C(C)[C@@H]1CCC2(NCCN3CCC(C(=O)N(C)C)CC3)CC[C@]3(C)C(CC[C@H]4C3(C)CC[C@H]3C(C)(C)C(c5ccc(C(=O)OC)cc5)=CC[C@@]34C)[C@@H]12. The molecule has 6 heteroatoms. The van der Waals surface area contributed by atoms with Crippen LogP contribution < -0.4 is 5.32 Å². The maximum atomic E-state index is 12.6. The van der Waals surface area contributed by atoms with Gasteiger partial charge in [0.2, 0.25) is 5.91 Å². The van der Waals surface area contributed by atoms with E-state index in [2.05, 4.69) is 76.5 Å². The first-order valence-electron chi connectivity index (χ1n) is 21.3. The molecule has 292 valence electrons. The van der Waals surface area contributed by atoms with E-state index in [1.54, 1.807) is 4.90 Å². The smallest absolute Gasteiger partial charge is 0.337 e. The van der Waals surface area contributed by atoms with E-state index in [9.17, 15) is 9.59 Å². The van der Waals surface area contributed by atoms with Gasteiger partial charge in [-0.15, -0.1) is 0 Å². The van der Waals surface area contributed by atoms with Gasteiger partial charge in [0.15, 0.2) is 0 Å². The Morgan fingerprint density at radius 3 is 2.23 bits per heavy atom. The quantitative estimate of drug-likeness (QED) is 0.214. The van der Waals surface area contributed by atoms with Crippen molar-refractivity contribution in [3.05, 3.63) is 53.6 Å². The standard InChI is InChI=1S/C47H71N3O3/c1-31(2)35-17-24-47(48-27-30-50-28-20-33(21-29-50)41(51)49(8)9)26-25-45(6)37(40(35)47)15-16-39-44(5)22-18-36(32-11-13-34(14-12-32)42(52)53-10)43(3,4)38(44)19-23-46(39,45)7/h11-14,18,33,35,37-40,48H,1,15-17,19-30H2,2-10H3/t35-,37?,38-,39+,40+,44-,45+,46?,47?/m0/s1. The molecule has 6 aliphatic rings. The molecule has 1 N–H and O–H groups in total. The minimum Gasteiger partial charge on any atom is -0.465 e. The van der Waals surface area contributed by atoms with E-state index < -0.39 is 0 Å². The van der Waals surface area contributed by atoms with Gasteiger partial charge in [-0.2, -0.15) is 0 Å². The molecule has 6 nitrogen and oxygen atoms in total. The Hall–Kier alpha value is -2.44. The van der Waals surface area contributed by atoms with Crippen molar-refractivity contribution in [2.24, 2.45) is 57.2 Å². The predicted molar refractivity (Wildman–Crippen MR) is 216 cm³/mol. The van der Waals surface area contributed by atoms with Crippen molar-refractivity contribution in [3.63, 3.8) is 0 Å². The molecule has 3 unspecified atom stereocenters. The highest BCUT2D eigenvalue weighted by atomic mass is 16.5. The van der Waals surface area contributed by atoms with Crippen LogP contribution in [-0.4, -0.2) is 74.6 Å². The Kier molecular flexibility index (Phi) is 10.2. The predicted octanol–water partition coefficient (Wildman–Crippen LogP) is 9.27. The van der Waals surface area contributed by atoms with Crippen LogP contribution in [0.4, 0.5) is 0 Å². The second-order valence-corrected chi connectivity index (χ2v) is 20.2. The zero-order valence-corrected chi connectivity index (χ0v) is 34.8. The Labute approximate surface area is 321 Å². The van der Waals surface area contributed by atoms with Gasteiger partial charge in [0.1, 0.15) is 0 Å². The lowest BCUT2D eigenvalue weighted by atomic mass is 9.33. The van der Waals surface area contributed by atoms with Gasteiger partial charge in [0.05, 0.1) is 12.7 Å². The summed E-state index contributed by atoms with van der Waals surface area (Å²) >= 11 is 0. The molecule has 1 aromatic carbocycles. The van der Waals surface area contributed by atoms with Gasteiger partial charge < -0.3 is 19.9 Å². The first-order valence-corrected chi connectivity index (χ1v) is 21.3. The number of carbonyl (C=O) groups excluding carboxylic acids is 2. The van der Waals surface area contributed by atoms with Gasteiger partial charge in [-0.1, -0.05) is 65.0 Å². The number of esters is 1. The molecule has 0 spiro atoms. The number of piperidine rings is 1. The highest BCUT2D eigenvalue weighted by molar-refractivity contribution is 5.90. The van der Waals surface area contributed by atoms with Crippen LogP contribution in [0, 0.1) is 57.2 Å². The Balaban J connectivity index is 1.10. The molecule has 4 saturated carbocycles. The molecule has 1 aromatic rings. The summed E-state index contributed by atoms with van der Waals surface area (Å²) in [5, 5.41) is 4.32. The molecule has 0 radical (unpaired) electrons. The molecule has 5 fully saturated rings. The minimum absolute atomic E-state index is 0.0537. The summed E-state index contributed by atoms with van der Waals surface area (Å²) in [4.78, 5) is 29.1. The molecule has 9 atom stereocenters. The summed E-state index contributed by atoms with van der Waals surface area (Å²) in [6, 6.07) is 8.15.